The lowest BCUT2D eigenvalue weighted by molar-refractivity contribution is 0.668. The third kappa shape index (κ3) is 4.37. The molecule has 7 aromatic carbocycles. The van der Waals surface area contributed by atoms with E-state index in [0.717, 1.165) is 66.1 Å². The van der Waals surface area contributed by atoms with Crippen molar-refractivity contribution in [2.45, 2.75) is 0 Å². The molecule has 11 aromatic rings. The first kappa shape index (κ1) is 28.2. The SMILES string of the molecule is c1ccc(-c2nc(-c3ccc4oc5cccc(-c6cccc7c6sc6ccccc67)c5c4c3)nc(-c3cccc4oc5ccccc5c34)n2)cc1. The molecule has 11 rings (SSSR count). The summed E-state index contributed by atoms with van der Waals surface area (Å²) in [5.41, 5.74) is 8.31. The first-order valence-corrected chi connectivity index (χ1v) is 17.7. The normalized spacial score (nSPS) is 11.9. The van der Waals surface area contributed by atoms with Crippen LogP contribution in [0.5, 0.6) is 0 Å². The molecular weight excluding hydrogens is 647 g/mol. The van der Waals surface area contributed by atoms with Gasteiger partial charge in [0.15, 0.2) is 17.5 Å². The van der Waals surface area contributed by atoms with E-state index < -0.39 is 0 Å². The minimum Gasteiger partial charge on any atom is -0.456 e. The van der Waals surface area contributed by atoms with Gasteiger partial charge in [-0.05, 0) is 48.0 Å². The van der Waals surface area contributed by atoms with Gasteiger partial charge in [-0.2, -0.15) is 0 Å². The standard InChI is InChI=1S/C45H25N3O2S/c1-2-11-26(12-3-1)43-46-44(48-45(47-43)33-18-10-21-38-41(33)32-14-4-6-19-35(32)49-38)27-23-24-36-34(25-27)40-29(15-9-20-37(40)50-36)31-17-8-16-30-28-13-5-7-22-39(28)51-42(30)31/h1-25H. The molecule has 6 heteroatoms. The molecule has 51 heavy (non-hydrogen) atoms. The number of para-hydroxylation sites is 1. The zero-order valence-corrected chi connectivity index (χ0v) is 27.8. The molecule has 5 nitrogen and oxygen atoms in total. The molecule has 4 heterocycles. The third-order valence-electron chi connectivity index (χ3n) is 9.76. The van der Waals surface area contributed by atoms with E-state index in [1.165, 1.54) is 25.7 Å². The van der Waals surface area contributed by atoms with Crippen LogP contribution in [0.3, 0.4) is 0 Å². The van der Waals surface area contributed by atoms with Crippen molar-refractivity contribution in [3.63, 3.8) is 0 Å². The lowest BCUT2D eigenvalue weighted by Crippen LogP contribution is -2.00. The number of nitrogens with zero attached hydrogens (tertiary/aromatic N) is 3. The summed E-state index contributed by atoms with van der Waals surface area (Å²) < 4.78 is 15.3. The molecule has 238 valence electrons. The van der Waals surface area contributed by atoms with Gasteiger partial charge in [-0.3, -0.25) is 0 Å². The first-order valence-electron chi connectivity index (χ1n) is 16.9. The predicted molar refractivity (Wildman–Crippen MR) is 209 cm³/mol. The Bertz CT molecular complexity index is 3160. The number of rotatable bonds is 4. The maximum Gasteiger partial charge on any atom is 0.164 e. The molecule has 0 N–H and O–H groups in total. The number of fused-ring (bicyclic) bond motifs is 9. The fraction of sp³-hybridized carbons (Fsp3) is 0. The molecule has 0 amide bonds. The Morgan fingerprint density at radius 2 is 0.961 bits per heavy atom. The van der Waals surface area contributed by atoms with Crippen molar-refractivity contribution in [3.8, 4) is 45.3 Å². The van der Waals surface area contributed by atoms with E-state index in [9.17, 15) is 0 Å². The molecule has 0 bridgehead atoms. The lowest BCUT2D eigenvalue weighted by atomic mass is 9.97. The van der Waals surface area contributed by atoms with Crippen molar-refractivity contribution in [1.82, 2.24) is 15.0 Å². The predicted octanol–water partition coefficient (Wildman–Crippen LogP) is 12.7. The van der Waals surface area contributed by atoms with Crippen molar-refractivity contribution in [2.75, 3.05) is 0 Å². The van der Waals surface area contributed by atoms with E-state index in [1.807, 2.05) is 90.2 Å². The number of aromatic nitrogens is 3. The van der Waals surface area contributed by atoms with Gasteiger partial charge in [-0.15, -0.1) is 11.3 Å². The van der Waals surface area contributed by atoms with Crippen LogP contribution in [0.1, 0.15) is 0 Å². The van der Waals surface area contributed by atoms with Gasteiger partial charge < -0.3 is 8.83 Å². The topological polar surface area (TPSA) is 65.0 Å². The van der Waals surface area contributed by atoms with Crippen LogP contribution in [0.25, 0.3) is 109 Å². The van der Waals surface area contributed by atoms with Crippen molar-refractivity contribution in [3.05, 3.63) is 152 Å². The monoisotopic (exact) mass is 671 g/mol. The van der Waals surface area contributed by atoms with Crippen LogP contribution in [0.15, 0.2) is 160 Å². The summed E-state index contributed by atoms with van der Waals surface area (Å²) in [5.74, 6) is 1.78. The minimum absolute atomic E-state index is 0.587. The van der Waals surface area contributed by atoms with Gasteiger partial charge in [0.05, 0.1) is 0 Å². The molecule has 0 unspecified atom stereocenters. The largest absolute Gasteiger partial charge is 0.456 e. The fourth-order valence-electron chi connectivity index (χ4n) is 7.45. The van der Waals surface area contributed by atoms with Crippen molar-refractivity contribution >= 4 is 75.4 Å². The second-order valence-corrected chi connectivity index (χ2v) is 13.8. The van der Waals surface area contributed by atoms with E-state index in [-0.39, 0.29) is 0 Å². The van der Waals surface area contributed by atoms with Gasteiger partial charge in [0.25, 0.3) is 0 Å². The van der Waals surface area contributed by atoms with E-state index >= 15 is 0 Å². The van der Waals surface area contributed by atoms with Gasteiger partial charge in [0, 0.05) is 64.0 Å². The highest BCUT2D eigenvalue weighted by Crippen LogP contribution is 2.44. The smallest absolute Gasteiger partial charge is 0.164 e. The average Bonchev–Trinajstić information content (AvgIpc) is 3.89. The van der Waals surface area contributed by atoms with E-state index in [2.05, 4.69) is 72.8 Å². The molecule has 0 saturated heterocycles. The van der Waals surface area contributed by atoms with Gasteiger partial charge >= 0.3 is 0 Å². The zero-order chi connectivity index (χ0) is 33.5. The summed E-state index contributed by atoms with van der Waals surface area (Å²) in [4.78, 5) is 15.3. The van der Waals surface area contributed by atoms with E-state index in [4.69, 9.17) is 23.8 Å². The number of furan rings is 2. The molecule has 0 aliphatic carbocycles. The molecule has 4 aromatic heterocycles. The van der Waals surface area contributed by atoms with Gasteiger partial charge in [0.2, 0.25) is 0 Å². The number of benzene rings is 7. The van der Waals surface area contributed by atoms with Gasteiger partial charge in [0.1, 0.15) is 22.3 Å². The van der Waals surface area contributed by atoms with Crippen molar-refractivity contribution < 1.29 is 8.83 Å². The summed E-state index contributed by atoms with van der Waals surface area (Å²) in [5, 5.41) is 6.66. The maximum absolute atomic E-state index is 6.48. The van der Waals surface area contributed by atoms with Crippen molar-refractivity contribution in [2.24, 2.45) is 0 Å². The minimum atomic E-state index is 0.587. The summed E-state index contributed by atoms with van der Waals surface area (Å²) in [6, 6.07) is 52.0. The van der Waals surface area contributed by atoms with Crippen LogP contribution >= 0.6 is 11.3 Å². The molecule has 0 atom stereocenters. The van der Waals surface area contributed by atoms with Crippen LogP contribution in [0.2, 0.25) is 0 Å². The number of hydrogen-bond donors (Lipinski definition) is 0. The summed E-state index contributed by atoms with van der Waals surface area (Å²) in [7, 11) is 0. The molecular formula is C45H25N3O2S. The molecule has 0 spiro atoms. The lowest BCUT2D eigenvalue weighted by Gasteiger charge is -2.09. The van der Waals surface area contributed by atoms with Crippen molar-refractivity contribution in [1.29, 1.82) is 0 Å². The second kappa shape index (κ2) is 10.9. The van der Waals surface area contributed by atoms with Crippen LogP contribution in [-0.4, -0.2) is 15.0 Å². The maximum atomic E-state index is 6.48. The Morgan fingerprint density at radius 3 is 1.80 bits per heavy atom. The van der Waals surface area contributed by atoms with Crippen LogP contribution in [-0.2, 0) is 0 Å². The Morgan fingerprint density at radius 1 is 0.373 bits per heavy atom. The molecule has 0 fully saturated rings. The second-order valence-electron chi connectivity index (χ2n) is 12.7. The summed E-state index contributed by atoms with van der Waals surface area (Å²) in [6.45, 7) is 0. The quantitative estimate of drug-likeness (QED) is 0.186. The Labute approximate surface area is 295 Å². The highest BCUT2D eigenvalue weighted by Gasteiger charge is 2.20. The molecule has 0 aliphatic heterocycles. The Kier molecular flexibility index (Phi) is 6.05. The highest BCUT2D eigenvalue weighted by atomic mass is 32.1. The Balaban J connectivity index is 1.15. The molecule has 0 radical (unpaired) electrons. The summed E-state index contributed by atoms with van der Waals surface area (Å²) in [6.07, 6.45) is 0. The summed E-state index contributed by atoms with van der Waals surface area (Å²) >= 11 is 1.84. The average molecular weight is 672 g/mol. The molecule has 0 aliphatic rings. The van der Waals surface area contributed by atoms with Crippen LogP contribution < -0.4 is 0 Å². The number of hydrogen-bond acceptors (Lipinski definition) is 6. The third-order valence-corrected chi connectivity index (χ3v) is 11.0. The zero-order valence-electron chi connectivity index (χ0n) is 27.0. The van der Waals surface area contributed by atoms with E-state index in [1.54, 1.807) is 0 Å². The number of thiophene rings is 1. The fourth-order valence-corrected chi connectivity index (χ4v) is 8.68. The van der Waals surface area contributed by atoms with Gasteiger partial charge in [-0.1, -0.05) is 109 Å². The van der Waals surface area contributed by atoms with E-state index in [0.29, 0.717) is 17.5 Å². The first-order chi connectivity index (χ1) is 25.3. The molecule has 0 saturated carbocycles. The van der Waals surface area contributed by atoms with Gasteiger partial charge in [-0.25, -0.2) is 15.0 Å². The highest BCUT2D eigenvalue weighted by molar-refractivity contribution is 7.26. The van der Waals surface area contributed by atoms with Crippen LogP contribution in [0.4, 0.5) is 0 Å². The Hall–Kier alpha value is -6.63. The van der Waals surface area contributed by atoms with Crippen LogP contribution in [0, 0.1) is 0 Å².